The van der Waals surface area contributed by atoms with E-state index in [1.54, 1.807) is 11.8 Å². The summed E-state index contributed by atoms with van der Waals surface area (Å²) >= 11 is 1.60. The number of halogens is 1. The van der Waals surface area contributed by atoms with E-state index < -0.39 is 11.8 Å². The first-order valence-electron chi connectivity index (χ1n) is 5.52. The van der Waals surface area contributed by atoms with Gasteiger partial charge in [0, 0.05) is 29.5 Å². The van der Waals surface area contributed by atoms with Gasteiger partial charge in [-0.1, -0.05) is 6.07 Å². The van der Waals surface area contributed by atoms with Crippen molar-refractivity contribution in [3.05, 3.63) is 41.2 Å². The predicted molar refractivity (Wildman–Crippen MR) is 73.8 cm³/mol. The van der Waals surface area contributed by atoms with Gasteiger partial charge in [-0.2, -0.15) is 11.8 Å². The van der Waals surface area contributed by atoms with Gasteiger partial charge >= 0.3 is 5.97 Å². The van der Waals surface area contributed by atoms with Crippen molar-refractivity contribution in [1.29, 1.82) is 0 Å². The molecule has 1 aromatic rings. The molecule has 0 fully saturated rings. The summed E-state index contributed by atoms with van der Waals surface area (Å²) in [5.74, 6) is -1.34. The zero-order valence-corrected chi connectivity index (χ0v) is 11.2. The fourth-order valence-electron chi connectivity index (χ4n) is 1.33. The van der Waals surface area contributed by atoms with Crippen LogP contribution in [0.4, 0.5) is 4.39 Å². The van der Waals surface area contributed by atoms with Crippen LogP contribution in [-0.4, -0.2) is 35.5 Å². The molecule has 2 N–H and O–H groups in total. The molecule has 0 spiro atoms. The fourth-order valence-corrected chi connectivity index (χ4v) is 1.64. The van der Waals surface area contributed by atoms with Crippen molar-refractivity contribution >= 4 is 29.7 Å². The standard InChI is InChI=1S/C13H14FNO3S/c1-19-7-6-15-13(18)10-3-2-9(11(14)8-10)4-5-12(16)17/h2-5,8H,6-7H2,1H3,(H,15,18)(H,16,17). The summed E-state index contributed by atoms with van der Waals surface area (Å²) in [7, 11) is 0. The van der Waals surface area contributed by atoms with Crippen LogP contribution in [0.5, 0.6) is 0 Å². The number of thioether (sulfide) groups is 1. The lowest BCUT2D eigenvalue weighted by atomic mass is 10.1. The Morgan fingerprint density at radius 3 is 2.79 bits per heavy atom. The van der Waals surface area contributed by atoms with Gasteiger partial charge < -0.3 is 10.4 Å². The van der Waals surface area contributed by atoms with Crippen LogP contribution in [0.1, 0.15) is 15.9 Å². The van der Waals surface area contributed by atoms with E-state index in [9.17, 15) is 14.0 Å². The Morgan fingerprint density at radius 1 is 1.47 bits per heavy atom. The Morgan fingerprint density at radius 2 is 2.21 bits per heavy atom. The van der Waals surface area contributed by atoms with Crippen LogP contribution in [0.15, 0.2) is 24.3 Å². The van der Waals surface area contributed by atoms with Gasteiger partial charge in [0.15, 0.2) is 0 Å². The van der Waals surface area contributed by atoms with Crippen molar-refractivity contribution in [2.24, 2.45) is 0 Å². The first-order valence-corrected chi connectivity index (χ1v) is 6.91. The first kappa shape index (κ1) is 15.2. The number of hydrogen-bond acceptors (Lipinski definition) is 3. The van der Waals surface area contributed by atoms with Crippen molar-refractivity contribution < 1.29 is 19.1 Å². The third-order valence-corrected chi connectivity index (χ3v) is 2.87. The van der Waals surface area contributed by atoms with E-state index in [4.69, 9.17) is 5.11 Å². The topological polar surface area (TPSA) is 66.4 Å². The Labute approximate surface area is 114 Å². The first-order chi connectivity index (χ1) is 9.04. The molecule has 0 saturated heterocycles. The Kier molecular flexibility index (Phi) is 6.08. The molecule has 0 saturated carbocycles. The number of hydrogen-bond donors (Lipinski definition) is 2. The van der Waals surface area contributed by atoms with Crippen molar-refractivity contribution in [3.8, 4) is 0 Å². The van der Waals surface area contributed by atoms with E-state index in [1.807, 2.05) is 6.26 Å². The van der Waals surface area contributed by atoms with Crippen LogP contribution in [0, 0.1) is 5.82 Å². The molecule has 0 heterocycles. The van der Waals surface area contributed by atoms with Crippen LogP contribution < -0.4 is 5.32 Å². The molecule has 6 heteroatoms. The van der Waals surface area contributed by atoms with E-state index in [1.165, 1.54) is 12.1 Å². The molecule has 4 nitrogen and oxygen atoms in total. The minimum atomic E-state index is -1.15. The maximum atomic E-state index is 13.6. The molecule has 0 aliphatic rings. The average Bonchev–Trinajstić information content (AvgIpc) is 2.37. The normalized spacial score (nSPS) is 10.6. The summed E-state index contributed by atoms with van der Waals surface area (Å²) in [6.45, 7) is 0.516. The van der Waals surface area contributed by atoms with Crippen molar-refractivity contribution in [1.82, 2.24) is 5.32 Å². The van der Waals surface area contributed by atoms with Gasteiger partial charge in [-0.15, -0.1) is 0 Å². The van der Waals surface area contributed by atoms with Crippen LogP contribution in [0.25, 0.3) is 6.08 Å². The Hall–Kier alpha value is -1.82. The lowest BCUT2D eigenvalue weighted by Gasteiger charge is -2.05. The number of carboxylic acids is 1. The lowest BCUT2D eigenvalue weighted by Crippen LogP contribution is -2.25. The third-order valence-electron chi connectivity index (χ3n) is 2.26. The highest BCUT2D eigenvalue weighted by molar-refractivity contribution is 7.98. The quantitative estimate of drug-likeness (QED) is 0.619. The number of carboxylic acid groups (broad SMARTS) is 1. The molecule has 1 amide bonds. The summed E-state index contributed by atoms with van der Waals surface area (Å²) in [5.41, 5.74) is 0.342. The van der Waals surface area contributed by atoms with Crippen molar-refractivity contribution in [3.63, 3.8) is 0 Å². The fraction of sp³-hybridized carbons (Fsp3) is 0.231. The van der Waals surface area contributed by atoms with Gasteiger partial charge in [0.05, 0.1) is 0 Å². The van der Waals surface area contributed by atoms with Crippen LogP contribution >= 0.6 is 11.8 Å². The number of nitrogens with one attached hydrogen (secondary N) is 1. The number of carbonyl (C=O) groups excluding carboxylic acids is 1. The second-order valence-corrected chi connectivity index (χ2v) is 4.64. The van der Waals surface area contributed by atoms with Crippen LogP contribution in [0.2, 0.25) is 0 Å². The molecule has 0 atom stereocenters. The molecule has 0 radical (unpaired) electrons. The third kappa shape index (κ3) is 5.13. The predicted octanol–water partition coefficient (Wildman–Crippen LogP) is 2.02. The molecule has 1 aromatic carbocycles. The summed E-state index contributed by atoms with van der Waals surface area (Å²) in [6.07, 6.45) is 3.92. The van der Waals surface area contributed by atoms with E-state index in [0.29, 0.717) is 6.54 Å². The van der Waals surface area contributed by atoms with Crippen LogP contribution in [-0.2, 0) is 4.79 Å². The van der Waals surface area contributed by atoms with Gasteiger partial charge in [0.1, 0.15) is 5.82 Å². The smallest absolute Gasteiger partial charge is 0.328 e. The highest BCUT2D eigenvalue weighted by Crippen LogP contribution is 2.12. The number of amides is 1. The SMILES string of the molecule is CSCCNC(=O)c1ccc(C=CC(=O)O)c(F)c1. The zero-order chi connectivity index (χ0) is 14.3. The molecular formula is C13H14FNO3S. The van der Waals surface area contributed by atoms with Gasteiger partial charge in [-0.05, 0) is 24.5 Å². The zero-order valence-electron chi connectivity index (χ0n) is 10.4. The summed E-state index contributed by atoms with van der Waals surface area (Å²) in [6, 6.07) is 3.92. The molecule has 1 rings (SSSR count). The maximum Gasteiger partial charge on any atom is 0.328 e. The molecule has 0 aromatic heterocycles. The monoisotopic (exact) mass is 283 g/mol. The van der Waals surface area contributed by atoms with Gasteiger partial charge in [-0.25, -0.2) is 9.18 Å². The molecule has 0 bridgehead atoms. The number of carbonyl (C=O) groups is 2. The van der Waals surface area contributed by atoms with Gasteiger partial charge in [0.2, 0.25) is 0 Å². The van der Waals surface area contributed by atoms with E-state index >= 15 is 0 Å². The second kappa shape index (κ2) is 7.58. The van der Waals surface area contributed by atoms with Crippen molar-refractivity contribution in [2.75, 3.05) is 18.6 Å². The van der Waals surface area contributed by atoms with Gasteiger partial charge in [0.25, 0.3) is 5.91 Å². The Balaban J connectivity index is 2.76. The maximum absolute atomic E-state index is 13.6. The number of aliphatic carboxylic acids is 1. The summed E-state index contributed by atoms with van der Waals surface area (Å²) < 4.78 is 13.6. The lowest BCUT2D eigenvalue weighted by molar-refractivity contribution is -0.131. The molecule has 0 unspecified atom stereocenters. The minimum Gasteiger partial charge on any atom is -0.478 e. The van der Waals surface area contributed by atoms with Crippen molar-refractivity contribution in [2.45, 2.75) is 0 Å². The minimum absolute atomic E-state index is 0.128. The van der Waals surface area contributed by atoms with E-state index in [2.05, 4.69) is 5.32 Å². The molecule has 0 aliphatic heterocycles. The molecule has 102 valence electrons. The second-order valence-electron chi connectivity index (χ2n) is 3.66. The summed E-state index contributed by atoms with van der Waals surface area (Å²) in [4.78, 5) is 22.0. The van der Waals surface area contributed by atoms with Crippen LogP contribution in [0.3, 0.4) is 0 Å². The van der Waals surface area contributed by atoms with Gasteiger partial charge in [-0.3, -0.25) is 4.79 Å². The number of benzene rings is 1. The average molecular weight is 283 g/mol. The highest BCUT2D eigenvalue weighted by atomic mass is 32.2. The van der Waals surface area contributed by atoms with E-state index in [0.717, 1.165) is 24.0 Å². The summed E-state index contributed by atoms with van der Waals surface area (Å²) in [5, 5.41) is 11.1. The highest BCUT2D eigenvalue weighted by Gasteiger charge is 2.08. The molecular weight excluding hydrogens is 269 g/mol. The largest absolute Gasteiger partial charge is 0.478 e. The van der Waals surface area contributed by atoms with E-state index in [-0.39, 0.29) is 17.0 Å². The Bertz CT molecular complexity index is 503. The molecule has 0 aliphatic carbocycles. The number of rotatable bonds is 6. The molecule has 19 heavy (non-hydrogen) atoms.